The lowest BCUT2D eigenvalue weighted by Crippen LogP contribution is -2.30. The average Bonchev–Trinajstić information content (AvgIpc) is 3.50. The minimum atomic E-state index is -0.712. The fourth-order valence-corrected chi connectivity index (χ4v) is 8.52. The van der Waals surface area contributed by atoms with Gasteiger partial charge in [0.1, 0.15) is 21.8 Å². The number of halogens is 1. The predicted octanol–water partition coefficient (Wildman–Crippen LogP) is 9.60. The third-order valence-electron chi connectivity index (χ3n) is 8.78. The SMILES string of the molecule is CCOC(=O)c1c(NC(=O)C(Sc2cccc(NC(=O)/C(=C\c3ccc(F)cc3)NC(=O)c3ccccc3)c2)c2ccccc2)sc2c1CCCCCC2. The van der Waals surface area contributed by atoms with E-state index in [2.05, 4.69) is 16.0 Å². The Morgan fingerprint density at radius 3 is 2.26 bits per heavy atom. The zero-order valence-corrected chi connectivity index (χ0v) is 31.4. The molecule has 54 heavy (non-hydrogen) atoms. The summed E-state index contributed by atoms with van der Waals surface area (Å²) in [5.74, 6) is -2.23. The summed E-state index contributed by atoms with van der Waals surface area (Å²) >= 11 is 2.76. The minimum Gasteiger partial charge on any atom is -0.462 e. The lowest BCUT2D eigenvalue weighted by Gasteiger charge is -2.18. The van der Waals surface area contributed by atoms with Crippen LogP contribution in [0.5, 0.6) is 0 Å². The van der Waals surface area contributed by atoms with Crippen molar-refractivity contribution in [2.75, 3.05) is 17.2 Å². The Hall–Kier alpha value is -5.52. The number of thioether (sulfide) groups is 1. The van der Waals surface area contributed by atoms with Crippen molar-refractivity contribution in [1.82, 2.24) is 5.32 Å². The normalized spacial score (nSPS) is 13.4. The van der Waals surface area contributed by atoms with Crippen LogP contribution in [0, 0.1) is 5.82 Å². The van der Waals surface area contributed by atoms with Gasteiger partial charge >= 0.3 is 5.97 Å². The predicted molar refractivity (Wildman–Crippen MR) is 213 cm³/mol. The fraction of sp³-hybridized carbons (Fsp3) is 0.209. The summed E-state index contributed by atoms with van der Waals surface area (Å²) < 4.78 is 19.1. The van der Waals surface area contributed by atoms with Crippen molar-refractivity contribution in [2.45, 2.75) is 55.6 Å². The van der Waals surface area contributed by atoms with Crippen molar-refractivity contribution in [1.29, 1.82) is 0 Å². The maximum Gasteiger partial charge on any atom is 0.341 e. The highest BCUT2D eigenvalue weighted by atomic mass is 32.2. The molecule has 1 atom stereocenters. The molecule has 5 aromatic rings. The van der Waals surface area contributed by atoms with Crippen molar-refractivity contribution in [2.24, 2.45) is 0 Å². The van der Waals surface area contributed by atoms with Crippen molar-refractivity contribution in [3.8, 4) is 0 Å². The van der Waals surface area contributed by atoms with E-state index in [1.165, 1.54) is 53.4 Å². The number of aryl methyl sites for hydroxylation is 1. The Kier molecular flexibility index (Phi) is 13.1. The standard InChI is InChI=1S/C43H40FN3O5S2/c1-2-52-43(51)37-34-20-11-3-4-12-21-36(34)54-42(37)47-41(50)38(29-14-7-5-8-15-29)53-33-19-13-18-32(27-33)45-40(49)35(26-28-22-24-31(44)25-23-28)46-39(48)30-16-9-6-10-17-30/h5-10,13-19,22-27,38H,2-4,11-12,20-21H2,1H3,(H,45,49)(H,46,48)(H,47,50)/b35-26+. The Balaban J connectivity index is 1.25. The second-order valence-corrected chi connectivity index (χ2v) is 14.9. The summed E-state index contributed by atoms with van der Waals surface area (Å²) in [5, 5.41) is 8.45. The van der Waals surface area contributed by atoms with Crippen LogP contribution in [0.1, 0.15) is 80.1 Å². The van der Waals surface area contributed by atoms with Gasteiger partial charge in [-0.1, -0.05) is 79.6 Å². The van der Waals surface area contributed by atoms with E-state index in [0.717, 1.165) is 54.5 Å². The number of carbonyl (C=O) groups is 4. The zero-order chi connectivity index (χ0) is 37.9. The summed E-state index contributed by atoms with van der Waals surface area (Å²) in [5.41, 5.74) is 3.46. The molecule has 0 fully saturated rings. The second kappa shape index (κ2) is 18.5. The average molecular weight is 762 g/mol. The van der Waals surface area contributed by atoms with Crippen LogP contribution in [0.15, 0.2) is 120 Å². The van der Waals surface area contributed by atoms with E-state index >= 15 is 0 Å². The molecule has 1 aliphatic rings. The third kappa shape index (κ3) is 9.91. The smallest absolute Gasteiger partial charge is 0.341 e. The van der Waals surface area contributed by atoms with Crippen LogP contribution < -0.4 is 16.0 Å². The number of nitrogens with one attached hydrogen (secondary N) is 3. The van der Waals surface area contributed by atoms with E-state index < -0.39 is 28.9 Å². The summed E-state index contributed by atoms with van der Waals surface area (Å²) in [6.07, 6.45) is 7.33. The number of rotatable bonds is 12. The number of ether oxygens (including phenoxy) is 1. The molecule has 8 nitrogen and oxygen atoms in total. The van der Waals surface area contributed by atoms with E-state index in [1.807, 2.05) is 36.4 Å². The molecule has 0 bridgehead atoms. The molecule has 0 saturated carbocycles. The maximum atomic E-state index is 14.2. The van der Waals surface area contributed by atoms with Crippen molar-refractivity contribution >= 4 is 63.6 Å². The lowest BCUT2D eigenvalue weighted by atomic mass is 9.96. The molecular weight excluding hydrogens is 722 g/mol. The Labute approximate surface area is 322 Å². The highest BCUT2D eigenvalue weighted by Crippen LogP contribution is 2.41. The molecule has 3 N–H and O–H groups in total. The second-order valence-electron chi connectivity index (χ2n) is 12.7. The van der Waals surface area contributed by atoms with E-state index in [0.29, 0.717) is 32.3 Å². The van der Waals surface area contributed by atoms with Crippen LogP contribution in [-0.2, 0) is 27.2 Å². The first kappa shape index (κ1) is 38.2. The number of fused-ring (bicyclic) bond motifs is 1. The van der Waals surface area contributed by atoms with E-state index in [9.17, 15) is 23.6 Å². The molecule has 3 amide bonds. The van der Waals surface area contributed by atoms with Crippen LogP contribution in [0.25, 0.3) is 6.08 Å². The highest BCUT2D eigenvalue weighted by molar-refractivity contribution is 8.00. The molecule has 1 aliphatic carbocycles. The van der Waals surface area contributed by atoms with Gasteiger partial charge in [0.25, 0.3) is 11.8 Å². The van der Waals surface area contributed by atoms with Gasteiger partial charge in [0.05, 0.1) is 12.2 Å². The molecule has 4 aromatic carbocycles. The number of hydrogen-bond donors (Lipinski definition) is 3. The Bertz CT molecular complexity index is 2140. The van der Waals surface area contributed by atoms with Gasteiger partial charge in [-0.05, 0) is 97.8 Å². The molecule has 0 saturated heterocycles. The monoisotopic (exact) mass is 761 g/mol. The number of amides is 3. The van der Waals surface area contributed by atoms with E-state index in [-0.39, 0.29) is 18.2 Å². The van der Waals surface area contributed by atoms with Gasteiger partial charge < -0.3 is 20.7 Å². The molecule has 1 aromatic heterocycles. The van der Waals surface area contributed by atoms with Crippen LogP contribution in [0.2, 0.25) is 0 Å². The first-order valence-corrected chi connectivity index (χ1v) is 19.6. The zero-order valence-electron chi connectivity index (χ0n) is 29.7. The fourth-order valence-electron chi connectivity index (χ4n) is 6.15. The van der Waals surface area contributed by atoms with Crippen LogP contribution in [-0.4, -0.2) is 30.3 Å². The van der Waals surface area contributed by atoms with Gasteiger partial charge in [0, 0.05) is 21.0 Å². The molecular formula is C43H40FN3O5S2. The number of anilines is 2. The first-order chi connectivity index (χ1) is 26.3. The van der Waals surface area contributed by atoms with Gasteiger partial charge in [-0.25, -0.2) is 9.18 Å². The van der Waals surface area contributed by atoms with Gasteiger partial charge in [-0.15, -0.1) is 23.1 Å². The maximum absolute atomic E-state index is 14.2. The summed E-state index contributed by atoms with van der Waals surface area (Å²) in [6.45, 7) is 2.00. The van der Waals surface area contributed by atoms with Crippen molar-refractivity contribution < 1.29 is 28.3 Å². The lowest BCUT2D eigenvalue weighted by molar-refractivity contribution is -0.116. The van der Waals surface area contributed by atoms with Gasteiger partial charge in [0.2, 0.25) is 5.91 Å². The first-order valence-electron chi connectivity index (χ1n) is 17.9. The highest BCUT2D eigenvalue weighted by Gasteiger charge is 2.29. The minimum absolute atomic E-state index is 0.0440. The molecule has 276 valence electrons. The van der Waals surface area contributed by atoms with Crippen LogP contribution in [0.3, 0.4) is 0 Å². The van der Waals surface area contributed by atoms with Gasteiger partial charge in [-0.3, -0.25) is 14.4 Å². The molecule has 0 radical (unpaired) electrons. The Morgan fingerprint density at radius 1 is 0.833 bits per heavy atom. The van der Waals surface area contributed by atoms with Gasteiger partial charge in [0.15, 0.2) is 0 Å². The number of carbonyl (C=O) groups excluding carboxylic acids is 4. The molecule has 6 rings (SSSR count). The van der Waals surface area contributed by atoms with Crippen LogP contribution >= 0.6 is 23.1 Å². The molecule has 0 spiro atoms. The number of thiophene rings is 1. The number of hydrogen-bond acceptors (Lipinski definition) is 7. The quantitative estimate of drug-likeness (QED) is 0.0663. The summed E-state index contributed by atoms with van der Waals surface area (Å²) in [6, 6.07) is 30.5. The Morgan fingerprint density at radius 2 is 1.54 bits per heavy atom. The molecule has 1 unspecified atom stereocenters. The number of benzene rings is 4. The molecule has 0 aliphatic heterocycles. The largest absolute Gasteiger partial charge is 0.462 e. The van der Waals surface area contributed by atoms with E-state index in [4.69, 9.17) is 4.74 Å². The van der Waals surface area contributed by atoms with E-state index in [1.54, 1.807) is 55.5 Å². The van der Waals surface area contributed by atoms with Crippen molar-refractivity contribution in [3.63, 3.8) is 0 Å². The summed E-state index contributed by atoms with van der Waals surface area (Å²) in [7, 11) is 0. The molecule has 11 heteroatoms. The topological polar surface area (TPSA) is 114 Å². The van der Waals surface area contributed by atoms with Crippen LogP contribution in [0.4, 0.5) is 15.1 Å². The number of esters is 1. The van der Waals surface area contributed by atoms with Gasteiger partial charge in [-0.2, -0.15) is 0 Å². The molecule has 1 heterocycles. The van der Waals surface area contributed by atoms with Crippen molar-refractivity contribution in [3.05, 3.63) is 153 Å². The third-order valence-corrected chi connectivity index (χ3v) is 11.2. The summed E-state index contributed by atoms with van der Waals surface area (Å²) in [4.78, 5) is 56.1.